The number of rotatable bonds is 9. The highest BCUT2D eigenvalue weighted by Crippen LogP contribution is 2.21. The smallest absolute Gasteiger partial charge is 0.224 e. The summed E-state index contributed by atoms with van der Waals surface area (Å²) in [4.78, 5) is 22.6. The number of carbonyl (C=O) groups excluding carboxylic acids is 2. The van der Waals surface area contributed by atoms with Gasteiger partial charge in [0.05, 0.1) is 0 Å². The molecule has 2 unspecified atom stereocenters. The van der Waals surface area contributed by atoms with Crippen LogP contribution in [0.25, 0.3) is 0 Å². The topological polar surface area (TPSA) is 72.2 Å². The fraction of sp³-hybridized carbons (Fsp3) is 0.529. The molecule has 0 fully saturated rings. The lowest BCUT2D eigenvalue weighted by Crippen LogP contribution is -2.19. The van der Waals surface area contributed by atoms with Crippen LogP contribution in [0.4, 0.5) is 5.69 Å². The molecular weight excluding hydrogens is 264 g/mol. The highest BCUT2D eigenvalue weighted by molar-refractivity contribution is 5.90. The Morgan fingerprint density at radius 3 is 2.38 bits per heavy atom. The lowest BCUT2D eigenvalue weighted by Gasteiger charge is -2.18. The molecule has 1 rings (SSSR count). The Morgan fingerprint density at radius 2 is 1.76 bits per heavy atom. The second-order valence-corrected chi connectivity index (χ2v) is 5.78. The van der Waals surface area contributed by atoms with E-state index in [1.807, 2.05) is 30.3 Å². The average molecular weight is 290 g/mol. The maximum absolute atomic E-state index is 11.8. The minimum absolute atomic E-state index is 0.0547. The molecule has 0 radical (unpaired) electrons. The maximum Gasteiger partial charge on any atom is 0.224 e. The van der Waals surface area contributed by atoms with Crippen molar-refractivity contribution < 1.29 is 9.59 Å². The molecule has 0 heterocycles. The minimum Gasteiger partial charge on any atom is -0.370 e. The molecule has 0 saturated carbocycles. The van der Waals surface area contributed by atoms with E-state index in [1.165, 1.54) is 0 Å². The van der Waals surface area contributed by atoms with Crippen molar-refractivity contribution in [2.75, 3.05) is 5.32 Å². The van der Waals surface area contributed by atoms with Gasteiger partial charge in [0, 0.05) is 18.5 Å². The molecule has 0 aliphatic carbocycles. The third kappa shape index (κ3) is 7.49. The molecule has 4 nitrogen and oxygen atoms in total. The van der Waals surface area contributed by atoms with Gasteiger partial charge >= 0.3 is 0 Å². The third-order valence-electron chi connectivity index (χ3n) is 3.87. The van der Waals surface area contributed by atoms with Crippen LogP contribution in [0.5, 0.6) is 0 Å². The van der Waals surface area contributed by atoms with Crippen molar-refractivity contribution >= 4 is 17.5 Å². The van der Waals surface area contributed by atoms with Crippen molar-refractivity contribution in [3.05, 3.63) is 30.3 Å². The molecular formula is C17H26N2O2. The van der Waals surface area contributed by atoms with Crippen LogP contribution >= 0.6 is 0 Å². The van der Waals surface area contributed by atoms with Gasteiger partial charge in [0.15, 0.2) is 0 Å². The summed E-state index contributed by atoms with van der Waals surface area (Å²) in [5.74, 6) is 0.575. The van der Waals surface area contributed by atoms with Gasteiger partial charge in [-0.15, -0.1) is 0 Å². The summed E-state index contributed by atoms with van der Waals surface area (Å²) in [7, 11) is 0. The number of unbranched alkanes of at least 4 members (excludes halogenated alkanes) is 1. The number of hydrogen-bond acceptors (Lipinski definition) is 2. The van der Waals surface area contributed by atoms with E-state index in [9.17, 15) is 9.59 Å². The predicted octanol–water partition coefficient (Wildman–Crippen LogP) is 3.33. The first kappa shape index (κ1) is 17.2. The van der Waals surface area contributed by atoms with Crippen molar-refractivity contribution in [1.82, 2.24) is 0 Å². The predicted molar refractivity (Wildman–Crippen MR) is 85.7 cm³/mol. The van der Waals surface area contributed by atoms with Crippen LogP contribution in [0.1, 0.15) is 46.0 Å². The number of hydrogen-bond donors (Lipinski definition) is 2. The van der Waals surface area contributed by atoms with Crippen molar-refractivity contribution in [2.45, 2.75) is 46.0 Å². The zero-order valence-corrected chi connectivity index (χ0v) is 13.0. The SMILES string of the molecule is CC(CCCCC(=O)Nc1ccccc1)C(C)CC(N)=O. The van der Waals surface area contributed by atoms with E-state index in [1.54, 1.807) is 0 Å². The molecule has 0 aliphatic rings. The summed E-state index contributed by atoms with van der Waals surface area (Å²) in [6, 6.07) is 9.48. The van der Waals surface area contributed by atoms with E-state index in [4.69, 9.17) is 5.73 Å². The Hall–Kier alpha value is -1.84. The first-order valence-electron chi connectivity index (χ1n) is 7.62. The molecule has 0 aromatic heterocycles. The molecule has 116 valence electrons. The Balaban J connectivity index is 2.16. The second-order valence-electron chi connectivity index (χ2n) is 5.78. The summed E-state index contributed by atoms with van der Waals surface area (Å²) in [6.45, 7) is 4.19. The highest BCUT2D eigenvalue weighted by Gasteiger charge is 2.14. The molecule has 0 spiro atoms. The fourth-order valence-corrected chi connectivity index (χ4v) is 2.30. The number of benzene rings is 1. The van der Waals surface area contributed by atoms with Crippen LogP contribution in [-0.4, -0.2) is 11.8 Å². The molecule has 21 heavy (non-hydrogen) atoms. The van der Waals surface area contributed by atoms with E-state index >= 15 is 0 Å². The van der Waals surface area contributed by atoms with E-state index < -0.39 is 0 Å². The lowest BCUT2D eigenvalue weighted by molar-refractivity contribution is -0.119. The van der Waals surface area contributed by atoms with Crippen LogP contribution in [0.2, 0.25) is 0 Å². The van der Waals surface area contributed by atoms with Crippen molar-refractivity contribution in [1.29, 1.82) is 0 Å². The molecule has 2 amide bonds. The van der Waals surface area contributed by atoms with E-state index in [-0.39, 0.29) is 11.8 Å². The lowest BCUT2D eigenvalue weighted by atomic mass is 9.88. The number of para-hydroxylation sites is 1. The first-order chi connectivity index (χ1) is 9.99. The molecule has 1 aromatic carbocycles. The van der Waals surface area contributed by atoms with Crippen molar-refractivity contribution in [2.24, 2.45) is 17.6 Å². The molecule has 0 bridgehead atoms. The Labute approximate surface area is 127 Å². The van der Waals surface area contributed by atoms with E-state index in [2.05, 4.69) is 19.2 Å². The number of nitrogens with one attached hydrogen (secondary N) is 1. The molecule has 3 N–H and O–H groups in total. The maximum atomic E-state index is 11.8. The summed E-state index contributed by atoms with van der Waals surface area (Å²) in [5, 5.41) is 2.88. The number of primary amides is 1. The van der Waals surface area contributed by atoms with Crippen LogP contribution in [-0.2, 0) is 9.59 Å². The fourth-order valence-electron chi connectivity index (χ4n) is 2.30. The molecule has 2 atom stereocenters. The van der Waals surface area contributed by atoms with Crippen LogP contribution in [0.15, 0.2) is 30.3 Å². The van der Waals surface area contributed by atoms with Crippen LogP contribution in [0.3, 0.4) is 0 Å². The van der Waals surface area contributed by atoms with Gasteiger partial charge in [-0.25, -0.2) is 0 Å². The van der Waals surface area contributed by atoms with Gasteiger partial charge in [0.25, 0.3) is 0 Å². The standard InChI is InChI=1S/C17H26N2O2/c1-13(14(2)12-16(18)20)8-6-7-11-17(21)19-15-9-4-3-5-10-15/h3-5,9-10,13-14H,6-8,11-12H2,1-2H3,(H2,18,20)(H,19,21). The normalized spacial score (nSPS) is 13.4. The van der Waals surface area contributed by atoms with Gasteiger partial charge in [0.1, 0.15) is 0 Å². The Morgan fingerprint density at radius 1 is 1.10 bits per heavy atom. The van der Waals surface area contributed by atoms with Crippen molar-refractivity contribution in [3.8, 4) is 0 Å². The Kier molecular flexibility index (Phi) is 7.51. The largest absolute Gasteiger partial charge is 0.370 e. The van der Waals surface area contributed by atoms with E-state index in [0.29, 0.717) is 24.7 Å². The quantitative estimate of drug-likeness (QED) is 0.685. The third-order valence-corrected chi connectivity index (χ3v) is 3.87. The highest BCUT2D eigenvalue weighted by atomic mass is 16.1. The van der Waals surface area contributed by atoms with Crippen molar-refractivity contribution in [3.63, 3.8) is 0 Å². The average Bonchev–Trinajstić information content (AvgIpc) is 2.43. The molecule has 1 aromatic rings. The van der Waals surface area contributed by atoms with E-state index in [0.717, 1.165) is 24.9 Å². The van der Waals surface area contributed by atoms with Gasteiger partial charge in [-0.2, -0.15) is 0 Å². The summed E-state index contributed by atoms with van der Waals surface area (Å²) < 4.78 is 0. The molecule has 4 heteroatoms. The molecule has 0 aliphatic heterocycles. The summed E-state index contributed by atoms with van der Waals surface area (Å²) in [6.07, 6.45) is 3.85. The van der Waals surface area contributed by atoms with Crippen LogP contribution < -0.4 is 11.1 Å². The number of carbonyl (C=O) groups is 2. The zero-order valence-electron chi connectivity index (χ0n) is 13.0. The zero-order chi connectivity index (χ0) is 15.7. The summed E-state index contributed by atoms with van der Waals surface area (Å²) >= 11 is 0. The van der Waals surface area contributed by atoms with Gasteiger partial charge in [-0.05, 0) is 30.4 Å². The Bertz CT molecular complexity index is 445. The minimum atomic E-state index is -0.239. The van der Waals surface area contributed by atoms with Gasteiger partial charge in [-0.1, -0.05) is 44.9 Å². The number of anilines is 1. The van der Waals surface area contributed by atoms with Gasteiger partial charge in [-0.3, -0.25) is 9.59 Å². The molecule has 0 saturated heterocycles. The monoisotopic (exact) mass is 290 g/mol. The first-order valence-corrected chi connectivity index (χ1v) is 7.62. The van der Waals surface area contributed by atoms with Crippen LogP contribution in [0, 0.1) is 11.8 Å². The summed E-state index contributed by atoms with van der Waals surface area (Å²) in [5.41, 5.74) is 6.05. The number of nitrogens with two attached hydrogens (primary N) is 1. The second kappa shape index (κ2) is 9.16. The van der Waals surface area contributed by atoms with Gasteiger partial charge in [0.2, 0.25) is 11.8 Å². The number of amides is 2. The van der Waals surface area contributed by atoms with Gasteiger partial charge < -0.3 is 11.1 Å².